The fraction of sp³-hybridized carbons (Fsp3) is 0.519. The third-order valence-electron chi connectivity index (χ3n) is 16.5. The number of nitro benzene ring substituents is 1. The van der Waals surface area contributed by atoms with E-state index < -0.39 is 43.1 Å². The molecule has 0 spiro atoms. The zero-order valence-corrected chi connectivity index (χ0v) is 42.7. The predicted molar refractivity (Wildman–Crippen MR) is 279 cm³/mol. The zero-order chi connectivity index (χ0) is 50.6. The summed E-state index contributed by atoms with van der Waals surface area (Å²) in [6, 6.07) is 22.8. The van der Waals surface area contributed by atoms with Crippen molar-refractivity contribution >= 4 is 55.4 Å². The van der Waals surface area contributed by atoms with Crippen molar-refractivity contribution in [3.05, 3.63) is 106 Å². The summed E-state index contributed by atoms with van der Waals surface area (Å²) in [6.45, 7) is 13.2. The molecule has 6 heterocycles. The number of sulfonamides is 1. The van der Waals surface area contributed by atoms with Crippen molar-refractivity contribution in [3.63, 3.8) is 0 Å². The van der Waals surface area contributed by atoms with E-state index in [1.54, 1.807) is 12.3 Å². The quantitative estimate of drug-likeness (QED) is 0.0666. The molecule has 73 heavy (non-hydrogen) atoms. The summed E-state index contributed by atoms with van der Waals surface area (Å²) in [6.07, 6.45) is 6.96. The van der Waals surface area contributed by atoms with Crippen molar-refractivity contribution < 1.29 is 37.5 Å². The lowest BCUT2D eigenvalue weighted by Gasteiger charge is -2.52. The molecule has 11 rings (SSSR count). The average Bonchev–Trinajstić information content (AvgIpc) is 3.84. The highest BCUT2D eigenvalue weighted by molar-refractivity contribution is 7.90. The highest BCUT2D eigenvalue weighted by Crippen LogP contribution is 2.46. The van der Waals surface area contributed by atoms with Crippen LogP contribution >= 0.6 is 0 Å². The second-order valence-electron chi connectivity index (χ2n) is 21.5. The summed E-state index contributed by atoms with van der Waals surface area (Å²) < 4.78 is 49.1. The molecule has 2 aromatic heterocycles. The van der Waals surface area contributed by atoms with Gasteiger partial charge < -0.3 is 39.4 Å². The van der Waals surface area contributed by atoms with E-state index in [2.05, 4.69) is 72.7 Å². The molecule has 3 aromatic carbocycles. The van der Waals surface area contributed by atoms with E-state index in [4.69, 9.17) is 19.2 Å². The molecule has 5 fully saturated rings. The topological polar surface area (TPSA) is 208 Å². The highest BCUT2D eigenvalue weighted by Gasteiger charge is 2.44. The minimum absolute atomic E-state index is 0.107. The van der Waals surface area contributed by atoms with Crippen molar-refractivity contribution in [1.82, 2.24) is 24.5 Å². The van der Waals surface area contributed by atoms with E-state index in [1.807, 2.05) is 31.2 Å². The van der Waals surface area contributed by atoms with Gasteiger partial charge in [-0.05, 0) is 117 Å². The molecule has 4 N–H and O–H groups in total. The number of aromatic amines is 1. The van der Waals surface area contributed by atoms with Gasteiger partial charge in [-0.2, -0.15) is 4.98 Å². The van der Waals surface area contributed by atoms with Gasteiger partial charge in [0, 0.05) is 81.3 Å². The number of hydrogen-bond donors (Lipinski definition) is 4. The maximum absolute atomic E-state index is 14.7. The molecule has 1 amide bonds. The van der Waals surface area contributed by atoms with Crippen molar-refractivity contribution in [2.45, 2.75) is 112 Å². The minimum atomic E-state index is -4.62. The van der Waals surface area contributed by atoms with Gasteiger partial charge in [-0.25, -0.2) is 13.1 Å². The van der Waals surface area contributed by atoms with Gasteiger partial charge in [0.25, 0.3) is 21.6 Å². The van der Waals surface area contributed by atoms with Gasteiger partial charge in [-0.3, -0.25) is 24.7 Å². The standard InChI is InChI=1S/C54H67N9O9S/c1-34(2)41-6-4-5-7-42(41)49-32-71-25-23-61(49)39-27-38(28-39)60-21-19-59(20-22-60)37-8-10-43(46(29-37)62-45-15-24-70-33-50(45)72-53-48(62)26-36-14-18-55-51(36)57-53)52(64)58-73(68,69)40-9-11-44(47(30-40)63(66)67)56-31-35-12-16-54(3,65)17-13-35/h4-11,14,18,26,29-30,34-35,38-39,45,49-50,56,65H,12-13,15-17,19-25,27-28,31-33H2,1-3H3,(H,55,57)(H,58,64)/t35-,38?,39?,45-,49-,50-,54-/m0/s1. The number of ether oxygens (including phenoxy) is 3. The van der Waals surface area contributed by atoms with Crippen LogP contribution < -0.4 is 24.6 Å². The first kappa shape index (κ1) is 49.4. The summed E-state index contributed by atoms with van der Waals surface area (Å²) in [5.74, 6) is 0.112. The molecule has 5 aromatic rings. The van der Waals surface area contributed by atoms with Crippen LogP contribution in [-0.2, 0) is 19.5 Å². The predicted octanol–water partition coefficient (Wildman–Crippen LogP) is 7.48. The average molecular weight is 1020 g/mol. The van der Waals surface area contributed by atoms with Crippen LogP contribution in [0, 0.1) is 16.0 Å². The number of H-pyrrole nitrogens is 1. The van der Waals surface area contributed by atoms with Crippen LogP contribution in [0.15, 0.2) is 83.9 Å². The molecule has 3 atom stereocenters. The zero-order valence-electron chi connectivity index (χ0n) is 41.9. The lowest BCUT2D eigenvalue weighted by Crippen LogP contribution is -2.60. The SMILES string of the molecule is CC(C)c1ccccc1[C@@H]1COCCN1C1CC(N2CCN(c3ccc(C(=O)NS(=O)(=O)c4ccc(NC[C@H]5CC[C@](C)(O)CC5)c([N+](=O)[O-])c4)c(N4c5cc6cc[nH]c6nc5O[C@H]5COCC[C@@H]54)c3)CC2)C1. The van der Waals surface area contributed by atoms with Crippen molar-refractivity contribution in [1.29, 1.82) is 0 Å². The maximum Gasteiger partial charge on any atom is 0.293 e. The number of fused-ring (bicyclic) bond motifs is 3. The number of pyridine rings is 1. The number of benzene rings is 3. The number of nitro groups is 1. The first-order chi connectivity index (χ1) is 35.2. The number of amides is 1. The monoisotopic (exact) mass is 1020 g/mol. The number of nitrogens with one attached hydrogen (secondary N) is 3. The van der Waals surface area contributed by atoms with E-state index >= 15 is 0 Å². The Balaban J connectivity index is 0.843. The Kier molecular flexibility index (Phi) is 13.6. The molecule has 19 heteroatoms. The smallest absolute Gasteiger partial charge is 0.293 e. The Labute approximate surface area is 426 Å². The molecule has 0 unspecified atom stereocenters. The van der Waals surface area contributed by atoms with Gasteiger partial charge in [-0.15, -0.1) is 0 Å². The molecular weight excluding hydrogens is 951 g/mol. The number of nitrogens with zero attached hydrogens (tertiary/aromatic N) is 6. The highest BCUT2D eigenvalue weighted by atomic mass is 32.2. The van der Waals surface area contributed by atoms with E-state index in [9.17, 15) is 28.4 Å². The molecule has 3 saturated heterocycles. The van der Waals surface area contributed by atoms with Gasteiger partial charge >= 0.3 is 0 Å². The number of hydrogen-bond acceptors (Lipinski definition) is 15. The van der Waals surface area contributed by atoms with Crippen LogP contribution in [0.3, 0.4) is 0 Å². The van der Waals surface area contributed by atoms with E-state index in [0.29, 0.717) is 86.5 Å². The first-order valence-electron chi connectivity index (χ1n) is 26.1. The van der Waals surface area contributed by atoms with Crippen molar-refractivity contribution in [3.8, 4) is 5.88 Å². The number of rotatable bonds is 13. The lowest BCUT2D eigenvalue weighted by molar-refractivity contribution is -0.384. The first-order valence-corrected chi connectivity index (χ1v) is 27.6. The Morgan fingerprint density at radius 2 is 1.71 bits per heavy atom. The molecular formula is C54H67N9O9S. The maximum atomic E-state index is 14.7. The summed E-state index contributed by atoms with van der Waals surface area (Å²) in [4.78, 5) is 43.7. The largest absolute Gasteiger partial charge is 0.468 e. The summed E-state index contributed by atoms with van der Waals surface area (Å²) in [5.41, 5.74) is 4.58. The van der Waals surface area contributed by atoms with Crippen LogP contribution in [0.1, 0.15) is 99.2 Å². The van der Waals surface area contributed by atoms with Crippen LogP contribution in [0.25, 0.3) is 11.0 Å². The molecule has 4 aliphatic heterocycles. The number of carbonyl (C=O) groups excluding carboxylic acids is 1. The fourth-order valence-electron chi connectivity index (χ4n) is 12.2. The van der Waals surface area contributed by atoms with Crippen molar-refractivity contribution in [2.24, 2.45) is 5.92 Å². The third kappa shape index (κ3) is 9.99. The molecule has 6 aliphatic rings. The van der Waals surface area contributed by atoms with Crippen LogP contribution in [0.4, 0.5) is 28.4 Å². The van der Waals surface area contributed by atoms with Crippen LogP contribution in [0.5, 0.6) is 5.88 Å². The summed E-state index contributed by atoms with van der Waals surface area (Å²) in [5, 5.41) is 26.7. The van der Waals surface area contributed by atoms with Gasteiger partial charge in [0.1, 0.15) is 23.1 Å². The van der Waals surface area contributed by atoms with Gasteiger partial charge in [0.15, 0.2) is 0 Å². The number of aromatic nitrogens is 2. The Bertz CT molecular complexity index is 2960. The van der Waals surface area contributed by atoms with Crippen LogP contribution in [-0.4, -0.2) is 140 Å². The number of aliphatic hydroxyl groups is 1. The molecule has 2 aliphatic carbocycles. The number of morpholine rings is 1. The summed E-state index contributed by atoms with van der Waals surface area (Å²) in [7, 11) is -4.62. The number of piperazine rings is 1. The second-order valence-corrected chi connectivity index (χ2v) is 23.2. The van der Waals surface area contributed by atoms with Gasteiger partial charge in [0.2, 0.25) is 5.88 Å². The number of anilines is 4. The lowest BCUT2D eigenvalue weighted by atomic mass is 9.80. The van der Waals surface area contributed by atoms with E-state index in [1.165, 1.54) is 23.3 Å². The third-order valence-corrected chi connectivity index (χ3v) is 17.8. The minimum Gasteiger partial charge on any atom is -0.468 e. The summed E-state index contributed by atoms with van der Waals surface area (Å²) >= 11 is 0. The van der Waals surface area contributed by atoms with Crippen LogP contribution in [0.2, 0.25) is 0 Å². The molecule has 18 nitrogen and oxygen atoms in total. The van der Waals surface area contributed by atoms with Crippen molar-refractivity contribution in [2.75, 3.05) is 80.8 Å². The number of carbonyl (C=O) groups is 1. The van der Waals surface area contributed by atoms with Gasteiger partial charge in [0.05, 0.1) is 58.6 Å². The fourth-order valence-corrected chi connectivity index (χ4v) is 13.2. The van der Waals surface area contributed by atoms with Gasteiger partial charge in [-0.1, -0.05) is 38.1 Å². The normalized spacial score (nSPS) is 26.9. The molecule has 0 bridgehead atoms. The Morgan fingerprint density at radius 1 is 0.932 bits per heavy atom. The van der Waals surface area contributed by atoms with E-state index in [0.717, 1.165) is 82.2 Å². The molecule has 388 valence electrons. The molecule has 2 saturated carbocycles. The molecule has 0 radical (unpaired) electrons. The van der Waals surface area contributed by atoms with E-state index in [-0.39, 0.29) is 29.3 Å². The Morgan fingerprint density at radius 3 is 2.49 bits per heavy atom. The Hall–Kier alpha value is -5.83. The second kappa shape index (κ2) is 20.1.